The van der Waals surface area contributed by atoms with E-state index in [0.29, 0.717) is 0 Å². The van der Waals surface area contributed by atoms with Crippen molar-refractivity contribution >= 4 is 13.8 Å². The van der Waals surface area contributed by atoms with E-state index in [1.165, 1.54) is 22.3 Å². The Morgan fingerprint density at radius 1 is 0.727 bits per heavy atom. The molecule has 0 aliphatic heterocycles. The molecule has 0 N–H and O–H groups in total. The normalized spacial score (nSPS) is 12.6. The molecule has 0 saturated heterocycles. The third-order valence-electron chi connectivity index (χ3n) is 3.87. The summed E-state index contributed by atoms with van der Waals surface area (Å²) in [6, 6.07) is 14.6. The summed E-state index contributed by atoms with van der Waals surface area (Å²) in [5, 5.41) is 0.900. The van der Waals surface area contributed by atoms with Crippen LogP contribution < -0.4 is 5.30 Å². The van der Waals surface area contributed by atoms with Crippen LogP contribution in [0.2, 0.25) is 0 Å². The molecular weight excluding hydrogens is 287 g/mol. The summed E-state index contributed by atoms with van der Waals surface area (Å²) in [6.07, 6.45) is 0. The fourth-order valence-corrected chi connectivity index (χ4v) is 3.74. The van der Waals surface area contributed by atoms with Gasteiger partial charge in [0.1, 0.15) is 0 Å². The van der Waals surface area contributed by atoms with Gasteiger partial charge in [0.05, 0.1) is 0 Å². The fraction of sp³-hybridized carbons (Fsp3) is 0.400. The van der Waals surface area contributed by atoms with Crippen LogP contribution in [0.5, 0.6) is 0 Å². The van der Waals surface area contributed by atoms with Crippen molar-refractivity contribution < 1.29 is 4.57 Å². The van der Waals surface area contributed by atoms with Gasteiger partial charge in [-0.1, -0.05) is 77.9 Å². The maximum atomic E-state index is 11.7. The Hall–Kier alpha value is -1.46. The van der Waals surface area contributed by atoms with Crippen LogP contribution in [-0.2, 0) is 15.4 Å². The van der Waals surface area contributed by atoms with E-state index in [1.54, 1.807) is 0 Å². The molecule has 0 aliphatic rings. The van der Waals surface area contributed by atoms with E-state index in [4.69, 9.17) is 0 Å². The van der Waals surface area contributed by atoms with Crippen molar-refractivity contribution in [1.82, 2.24) is 0 Å². The van der Waals surface area contributed by atoms with Crippen molar-refractivity contribution in [2.45, 2.75) is 52.4 Å². The highest BCUT2D eigenvalue weighted by Crippen LogP contribution is 2.40. The topological polar surface area (TPSA) is 17.1 Å². The van der Waals surface area contributed by atoms with E-state index < -0.39 is 0 Å². The van der Waals surface area contributed by atoms with Gasteiger partial charge >= 0.3 is 0 Å². The lowest BCUT2D eigenvalue weighted by atomic mass is 9.72. The Bertz CT molecular complexity index is 673. The molecule has 2 heteroatoms. The van der Waals surface area contributed by atoms with E-state index in [0.717, 1.165) is 5.30 Å². The molecular formula is C20H25OP. The number of hydrogen-bond donors (Lipinski definition) is 0. The Morgan fingerprint density at radius 3 is 1.73 bits per heavy atom. The maximum Gasteiger partial charge on any atom is 0.192 e. The molecule has 22 heavy (non-hydrogen) atoms. The van der Waals surface area contributed by atoms with E-state index in [1.807, 2.05) is 12.1 Å². The smallest absolute Gasteiger partial charge is 0.192 e. The van der Waals surface area contributed by atoms with Crippen molar-refractivity contribution in [2.24, 2.45) is 0 Å². The highest BCUT2D eigenvalue weighted by molar-refractivity contribution is 7.34. The van der Waals surface area contributed by atoms with Crippen LogP contribution in [0.25, 0.3) is 11.1 Å². The lowest BCUT2D eigenvalue weighted by Crippen LogP contribution is -2.28. The van der Waals surface area contributed by atoms with Crippen LogP contribution in [0, 0.1) is 0 Å². The first kappa shape index (κ1) is 16.9. The van der Waals surface area contributed by atoms with Gasteiger partial charge < -0.3 is 0 Å². The summed E-state index contributed by atoms with van der Waals surface area (Å²) in [6.45, 7) is 13.3. The predicted octanol–water partition coefficient (Wildman–Crippen LogP) is 5.87. The summed E-state index contributed by atoms with van der Waals surface area (Å²) in [7, 11) is 0.0942. The third-order valence-corrected chi connectivity index (χ3v) is 4.44. The predicted molar refractivity (Wildman–Crippen MR) is 96.5 cm³/mol. The van der Waals surface area contributed by atoms with Crippen LogP contribution in [-0.4, -0.2) is 0 Å². The Balaban J connectivity index is 2.90. The van der Waals surface area contributed by atoms with Crippen molar-refractivity contribution in [2.75, 3.05) is 0 Å². The zero-order chi connectivity index (χ0) is 16.5. The van der Waals surface area contributed by atoms with Crippen LogP contribution in [0.4, 0.5) is 0 Å². The fourth-order valence-electron chi connectivity index (χ4n) is 3.06. The quantitative estimate of drug-likeness (QED) is 0.634. The third kappa shape index (κ3) is 3.31. The highest BCUT2D eigenvalue weighted by atomic mass is 31.1. The average molecular weight is 312 g/mol. The van der Waals surface area contributed by atoms with Crippen LogP contribution in [0.1, 0.15) is 52.7 Å². The molecule has 0 radical (unpaired) electrons. The molecule has 0 fully saturated rings. The summed E-state index contributed by atoms with van der Waals surface area (Å²) >= 11 is 0. The van der Waals surface area contributed by atoms with Crippen molar-refractivity contribution in [3.8, 4) is 11.1 Å². The van der Waals surface area contributed by atoms with E-state index >= 15 is 0 Å². The van der Waals surface area contributed by atoms with Crippen molar-refractivity contribution in [3.63, 3.8) is 0 Å². The van der Waals surface area contributed by atoms with Gasteiger partial charge in [0, 0.05) is 5.30 Å². The van der Waals surface area contributed by atoms with Gasteiger partial charge in [-0.3, -0.25) is 4.57 Å². The van der Waals surface area contributed by atoms with E-state index in [9.17, 15) is 4.57 Å². The van der Waals surface area contributed by atoms with Crippen LogP contribution in [0.15, 0.2) is 42.5 Å². The van der Waals surface area contributed by atoms with Crippen molar-refractivity contribution in [1.29, 1.82) is 0 Å². The summed E-state index contributed by atoms with van der Waals surface area (Å²) in [5.41, 5.74) is 4.89. The molecule has 0 saturated carbocycles. The number of rotatable bonds is 2. The summed E-state index contributed by atoms with van der Waals surface area (Å²) < 4.78 is 11.7. The SMILES string of the molecule is CC(C)(C)c1c(P=O)ccc(-c2ccccc2)c1C(C)(C)C. The maximum absolute atomic E-state index is 11.7. The molecule has 0 spiro atoms. The molecule has 0 atom stereocenters. The molecule has 2 aromatic rings. The summed E-state index contributed by atoms with van der Waals surface area (Å²) in [4.78, 5) is 0. The Labute approximate surface area is 136 Å². The summed E-state index contributed by atoms with van der Waals surface area (Å²) in [5.74, 6) is 0. The van der Waals surface area contributed by atoms with Gasteiger partial charge in [-0.05, 0) is 39.2 Å². The molecule has 116 valence electrons. The lowest BCUT2D eigenvalue weighted by molar-refractivity contribution is 0.534. The molecule has 1 nitrogen and oxygen atoms in total. The monoisotopic (exact) mass is 312 g/mol. The Kier molecular flexibility index (Phi) is 4.59. The minimum atomic E-state index is -0.0554. The van der Waals surface area contributed by atoms with Gasteiger partial charge in [-0.15, -0.1) is 0 Å². The molecule has 0 amide bonds. The van der Waals surface area contributed by atoms with Crippen LogP contribution >= 0.6 is 8.46 Å². The standard InChI is InChI=1S/C20H25OP/c1-19(2,3)17-15(14-10-8-7-9-11-14)12-13-16(22-21)18(17)20(4,5)6/h7-13H,1-6H3. The Morgan fingerprint density at radius 2 is 1.27 bits per heavy atom. The highest BCUT2D eigenvalue weighted by Gasteiger charge is 2.30. The molecule has 0 aliphatic carbocycles. The number of benzene rings is 2. The lowest BCUT2D eigenvalue weighted by Gasteiger charge is -2.33. The van der Waals surface area contributed by atoms with Gasteiger partial charge in [-0.25, -0.2) is 0 Å². The van der Waals surface area contributed by atoms with E-state index in [2.05, 4.69) is 71.9 Å². The van der Waals surface area contributed by atoms with E-state index in [-0.39, 0.29) is 19.3 Å². The van der Waals surface area contributed by atoms with Gasteiger partial charge in [0.25, 0.3) is 0 Å². The van der Waals surface area contributed by atoms with Gasteiger partial charge in [0.2, 0.25) is 0 Å². The largest absolute Gasteiger partial charge is 0.269 e. The van der Waals surface area contributed by atoms with Gasteiger partial charge in [-0.2, -0.15) is 0 Å². The zero-order valence-electron chi connectivity index (χ0n) is 14.4. The second-order valence-corrected chi connectivity index (χ2v) is 8.50. The first-order valence-electron chi connectivity index (χ1n) is 7.73. The zero-order valence-corrected chi connectivity index (χ0v) is 15.3. The molecule has 2 rings (SSSR count). The second kappa shape index (κ2) is 5.97. The molecule has 0 heterocycles. The van der Waals surface area contributed by atoms with Crippen LogP contribution in [0.3, 0.4) is 0 Å². The average Bonchev–Trinajstić information content (AvgIpc) is 2.44. The second-order valence-electron chi connectivity index (χ2n) is 7.84. The minimum absolute atomic E-state index is 0.0194. The first-order chi connectivity index (χ1) is 10.2. The molecule has 0 bridgehead atoms. The van der Waals surface area contributed by atoms with Gasteiger partial charge in [0.15, 0.2) is 8.46 Å². The molecule has 2 aromatic carbocycles. The first-order valence-corrected chi connectivity index (χ1v) is 8.54. The molecule has 0 unspecified atom stereocenters. The van der Waals surface area contributed by atoms with Crippen molar-refractivity contribution in [3.05, 3.63) is 53.6 Å². The molecule has 0 aromatic heterocycles. The minimum Gasteiger partial charge on any atom is -0.269 e. The number of hydrogen-bond acceptors (Lipinski definition) is 1.